The van der Waals surface area contributed by atoms with Crippen molar-refractivity contribution in [2.24, 2.45) is 0 Å². The Morgan fingerprint density at radius 1 is 1.47 bits per heavy atom. The fourth-order valence-electron chi connectivity index (χ4n) is 1.55. The van der Waals surface area contributed by atoms with Crippen molar-refractivity contribution < 1.29 is 9.13 Å². The van der Waals surface area contributed by atoms with Crippen LogP contribution in [0.15, 0.2) is 18.2 Å². The second kappa shape index (κ2) is 5.66. The zero-order valence-electron chi connectivity index (χ0n) is 8.00. The Morgan fingerprint density at radius 3 is 2.87 bits per heavy atom. The van der Waals surface area contributed by atoms with E-state index in [2.05, 4.69) is 5.32 Å². The predicted molar refractivity (Wildman–Crippen MR) is 60.2 cm³/mol. The van der Waals surface area contributed by atoms with Crippen LogP contribution in [-0.4, -0.2) is 19.8 Å². The summed E-state index contributed by atoms with van der Waals surface area (Å²) in [4.78, 5) is 0. The number of hydrogen-bond donors (Lipinski definition) is 1. The quantitative estimate of drug-likeness (QED) is 0.829. The number of rotatable bonds is 1. The van der Waals surface area contributed by atoms with Crippen LogP contribution in [0.1, 0.15) is 11.6 Å². The number of ether oxygens (including phenoxy) is 1. The van der Waals surface area contributed by atoms with Gasteiger partial charge in [0.15, 0.2) is 0 Å². The van der Waals surface area contributed by atoms with Gasteiger partial charge < -0.3 is 10.1 Å². The lowest BCUT2D eigenvalue weighted by molar-refractivity contribution is 0.0757. The normalized spacial score (nSPS) is 20.8. The van der Waals surface area contributed by atoms with Crippen molar-refractivity contribution >= 4 is 24.0 Å². The molecule has 1 aromatic rings. The molecule has 0 saturated carbocycles. The zero-order chi connectivity index (χ0) is 9.97. The van der Waals surface area contributed by atoms with Gasteiger partial charge in [-0.15, -0.1) is 12.4 Å². The third-order valence-electron chi connectivity index (χ3n) is 2.26. The van der Waals surface area contributed by atoms with Gasteiger partial charge in [0.05, 0.1) is 19.3 Å². The predicted octanol–water partition coefficient (Wildman–Crippen LogP) is 2.56. The van der Waals surface area contributed by atoms with Gasteiger partial charge in [-0.1, -0.05) is 17.7 Å². The molecule has 0 unspecified atom stereocenters. The average molecular weight is 252 g/mol. The highest BCUT2D eigenvalue weighted by Gasteiger charge is 2.18. The molecular formula is C10H12Cl2FNO. The van der Waals surface area contributed by atoms with Gasteiger partial charge in [-0.3, -0.25) is 0 Å². The van der Waals surface area contributed by atoms with Crippen LogP contribution >= 0.6 is 24.0 Å². The minimum absolute atomic E-state index is 0. The lowest BCUT2D eigenvalue weighted by Gasteiger charge is -2.24. The van der Waals surface area contributed by atoms with Gasteiger partial charge in [-0.05, 0) is 12.1 Å². The van der Waals surface area contributed by atoms with Gasteiger partial charge >= 0.3 is 0 Å². The monoisotopic (exact) mass is 251 g/mol. The van der Waals surface area contributed by atoms with Crippen LogP contribution in [-0.2, 0) is 4.74 Å². The summed E-state index contributed by atoms with van der Waals surface area (Å²) in [6.45, 7) is 1.96. The molecule has 1 N–H and O–H groups in total. The number of halogens is 3. The van der Waals surface area contributed by atoms with E-state index < -0.39 is 0 Å². The van der Waals surface area contributed by atoms with Crippen molar-refractivity contribution in [2.75, 3.05) is 19.8 Å². The van der Waals surface area contributed by atoms with E-state index in [9.17, 15) is 4.39 Å². The molecular weight excluding hydrogens is 240 g/mol. The fraction of sp³-hybridized carbons (Fsp3) is 0.400. The van der Waals surface area contributed by atoms with Gasteiger partial charge in [0.2, 0.25) is 0 Å². The topological polar surface area (TPSA) is 21.3 Å². The van der Waals surface area contributed by atoms with E-state index in [1.54, 1.807) is 12.1 Å². The largest absolute Gasteiger partial charge is 0.378 e. The Balaban J connectivity index is 0.00000112. The molecule has 0 spiro atoms. The van der Waals surface area contributed by atoms with Crippen molar-refractivity contribution in [3.05, 3.63) is 34.6 Å². The van der Waals surface area contributed by atoms with Crippen LogP contribution in [0.3, 0.4) is 0 Å². The number of hydrogen-bond acceptors (Lipinski definition) is 2. The third kappa shape index (κ3) is 3.05. The Morgan fingerprint density at radius 2 is 2.27 bits per heavy atom. The van der Waals surface area contributed by atoms with Gasteiger partial charge in [0, 0.05) is 17.1 Å². The Labute approximate surface area is 99.2 Å². The molecule has 1 heterocycles. The molecule has 1 aliphatic heterocycles. The molecule has 2 nitrogen and oxygen atoms in total. The van der Waals surface area contributed by atoms with Crippen LogP contribution in [0.5, 0.6) is 0 Å². The first-order valence-corrected chi connectivity index (χ1v) is 4.91. The highest BCUT2D eigenvalue weighted by molar-refractivity contribution is 6.30. The molecule has 1 aromatic carbocycles. The Kier molecular flexibility index (Phi) is 4.80. The minimum atomic E-state index is -0.277. The summed E-state index contributed by atoms with van der Waals surface area (Å²) >= 11 is 5.66. The van der Waals surface area contributed by atoms with Crippen LogP contribution in [0, 0.1) is 5.82 Å². The highest BCUT2D eigenvalue weighted by atomic mass is 35.5. The first-order chi connectivity index (χ1) is 6.77. The number of benzene rings is 1. The van der Waals surface area contributed by atoms with Crippen molar-refractivity contribution in [3.63, 3.8) is 0 Å². The standard InChI is InChI=1S/C10H11ClFNO.ClH/c11-7-1-2-8(9(12)5-7)10-6-14-4-3-13-10;/h1-2,5,10,13H,3-4,6H2;1H/t10-;/m0./s1. The van der Waals surface area contributed by atoms with Crippen LogP contribution in [0.2, 0.25) is 5.02 Å². The average Bonchev–Trinajstić information content (AvgIpc) is 2.19. The summed E-state index contributed by atoms with van der Waals surface area (Å²) in [5.41, 5.74) is 0.620. The smallest absolute Gasteiger partial charge is 0.129 e. The molecule has 0 bridgehead atoms. The second-order valence-electron chi connectivity index (χ2n) is 3.25. The van der Waals surface area contributed by atoms with E-state index >= 15 is 0 Å². The van der Waals surface area contributed by atoms with Crippen LogP contribution in [0.25, 0.3) is 0 Å². The molecule has 0 aliphatic carbocycles. The Bertz CT molecular complexity index is 329. The van der Waals surface area contributed by atoms with E-state index in [0.29, 0.717) is 23.8 Å². The molecule has 0 radical (unpaired) electrons. The van der Waals surface area contributed by atoms with Crippen LogP contribution in [0.4, 0.5) is 4.39 Å². The van der Waals surface area contributed by atoms with Gasteiger partial charge in [-0.25, -0.2) is 4.39 Å². The highest BCUT2D eigenvalue weighted by Crippen LogP contribution is 2.22. The third-order valence-corrected chi connectivity index (χ3v) is 2.49. The fourth-order valence-corrected chi connectivity index (χ4v) is 1.71. The zero-order valence-corrected chi connectivity index (χ0v) is 9.58. The van der Waals surface area contributed by atoms with E-state index in [-0.39, 0.29) is 24.3 Å². The molecule has 1 fully saturated rings. The van der Waals surface area contributed by atoms with Gasteiger partial charge in [0.1, 0.15) is 5.82 Å². The molecule has 0 amide bonds. The minimum Gasteiger partial charge on any atom is -0.378 e. The van der Waals surface area contributed by atoms with Crippen LogP contribution < -0.4 is 5.32 Å². The molecule has 1 saturated heterocycles. The summed E-state index contributed by atoms with van der Waals surface area (Å²) in [6, 6.07) is 4.66. The number of nitrogens with one attached hydrogen (secondary N) is 1. The Hall–Kier alpha value is -0.350. The summed E-state index contributed by atoms with van der Waals surface area (Å²) in [6.07, 6.45) is 0. The molecule has 1 aliphatic rings. The van der Waals surface area contributed by atoms with Crippen molar-refractivity contribution in [1.29, 1.82) is 0 Å². The van der Waals surface area contributed by atoms with Crippen molar-refractivity contribution in [2.45, 2.75) is 6.04 Å². The van der Waals surface area contributed by atoms with Gasteiger partial charge in [-0.2, -0.15) is 0 Å². The maximum Gasteiger partial charge on any atom is 0.129 e. The lowest BCUT2D eigenvalue weighted by atomic mass is 10.1. The van der Waals surface area contributed by atoms with E-state index in [0.717, 1.165) is 6.54 Å². The van der Waals surface area contributed by atoms with E-state index in [4.69, 9.17) is 16.3 Å². The van der Waals surface area contributed by atoms with Crippen molar-refractivity contribution in [3.8, 4) is 0 Å². The summed E-state index contributed by atoms with van der Waals surface area (Å²) in [5, 5.41) is 3.61. The molecule has 2 rings (SSSR count). The molecule has 15 heavy (non-hydrogen) atoms. The second-order valence-corrected chi connectivity index (χ2v) is 3.68. The first-order valence-electron chi connectivity index (χ1n) is 4.53. The SMILES string of the molecule is Cl.Fc1cc(Cl)ccc1[C@@H]1COCCN1. The lowest BCUT2D eigenvalue weighted by Crippen LogP contribution is -2.35. The molecule has 1 atom stereocenters. The molecule has 84 valence electrons. The van der Waals surface area contributed by atoms with E-state index in [1.165, 1.54) is 6.07 Å². The number of morpholine rings is 1. The van der Waals surface area contributed by atoms with Gasteiger partial charge in [0.25, 0.3) is 0 Å². The molecule has 5 heteroatoms. The maximum atomic E-state index is 13.5. The maximum absolute atomic E-state index is 13.5. The summed E-state index contributed by atoms with van der Waals surface area (Å²) < 4.78 is 18.7. The van der Waals surface area contributed by atoms with Crippen molar-refractivity contribution in [1.82, 2.24) is 5.32 Å². The molecule has 0 aromatic heterocycles. The first kappa shape index (κ1) is 12.7. The van der Waals surface area contributed by atoms with E-state index in [1.807, 2.05) is 0 Å². The summed E-state index contributed by atoms with van der Waals surface area (Å²) in [7, 11) is 0. The summed E-state index contributed by atoms with van der Waals surface area (Å²) in [5.74, 6) is -0.277.